The van der Waals surface area contributed by atoms with Crippen LogP contribution in [0, 0.1) is 0 Å². The number of imidazole rings is 1. The van der Waals surface area contributed by atoms with E-state index in [2.05, 4.69) is 31.1 Å². The van der Waals surface area contributed by atoms with E-state index in [1.54, 1.807) is 18.0 Å². The number of hydrogen-bond donors (Lipinski definition) is 0. The van der Waals surface area contributed by atoms with Gasteiger partial charge in [0.2, 0.25) is 11.8 Å². The summed E-state index contributed by atoms with van der Waals surface area (Å²) < 4.78 is 8.82. The van der Waals surface area contributed by atoms with Crippen LogP contribution >= 0.6 is 27.7 Å². The van der Waals surface area contributed by atoms with Crippen molar-refractivity contribution in [2.75, 3.05) is 0 Å². The van der Waals surface area contributed by atoms with E-state index >= 15 is 0 Å². The summed E-state index contributed by atoms with van der Waals surface area (Å²) in [6, 6.07) is 17.8. The fourth-order valence-electron chi connectivity index (χ4n) is 2.33. The summed E-state index contributed by atoms with van der Waals surface area (Å²) >= 11 is 5.01. The molecule has 2 aromatic carbocycles. The Morgan fingerprint density at radius 1 is 1.00 bits per heavy atom. The number of halogens is 1. The molecule has 0 saturated carbocycles. The van der Waals surface area contributed by atoms with Crippen LogP contribution in [-0.4, -0.2) is 19.7 Å². The maximum absolute atomic E-state index is 5.74. The molecule has 0 bridgehead atoms. The molecule has 0 aliphatic rings. The maximum Gasteiger partial charge on any atom is 0.247 e. The number of aromatic nitrogens is 4. The second-order valence-corrected chi connectivity index (χ2v) is 7.07. The zero-order valence-electron chi connectivity index (χ0n) is 13.0. The van der Waals surface area contributed by atoms with Gasteiger partial charge < -0.3 is 4.42 Å². The van der Waals surface area contributed by atoms with Gasteiger partial charge in [-0.2, -0.15) is 0 Å². The molecule has 2 heterocycles. The second-order valence-electron chi connectivity index (χ2n) is 5.21. The number of thioether (sulfide) groups is 1. The Morgan fingerprint density at radius 2 is 1.80 bits per heavy atom. The fraction of sp³-hybridized carbons (Fsp3) is 0.0556. The Labute approximate surface area is 157 Å². The van der Waals surface area contributed by atoms with Crippen molar-refractivity contribution in [2.45, 2.75) is 10.9 Å². The average molecular weight is 413 g/mol. The van der Waals surface area contributed by atoms with E-state index in [1.165, 1.54) is 0 Å². The van der Waals surface area contributed by atoms with Gasteiger partial charge in [0.1, 0.15) is 0 Å². The van der Waals surface area contributed by atoms with Crippen molar-refractivity contribution >= 4 is 27.7 Å². The first-order chi connectivity index (χ1) is 12.3. The summed E-state index contributed by atoms with van der Waals surface area (Å²) in [5.74, 6) is 1.68. The van der Waals surface area contributed by atoms with Crippen molar-refractivity contribution in [3.05, 3.63) is 77.4 Å². The normalized spacial score (nSPS) is 10.9. The van der Waals surface area contributed by atoms with Gasteiger partial charge in [-0.3, -0.25) is 4.57 Å². The summed E-state index contributed by atoms with van der Waals surface area (Å²) in [6.07, 6.45) is 3.72. The van der Waals surface area contributed by atoms with E-state index in [0.717, 1.165) is 20.9 Å². The largest absolute Gasteiger partial charge is 0.420 e. The summed E-state index contributed by atoms with van der Waals surface area (Å²) in [5.41, 5.74) is 1.97. The molecule has 4 aromatic rings. The molecule has 0 amide bonds. The minimum atomic E-state index is 0.535. The Kier molecular flexibility index (Phi) is 4.67. The van der Waals surface area contributed by atoms with Crippen LogP contribution in [0.4, 0.5) is 0 Å². The molecule has 2 aromatic heterocycles. The quantitative estimate of drug-likeness (QED) is 0.432. The monoisotopic (exact) mass is 412 g/mol. The van der Waals surface area contributed by atoms with Gasteiger partial charge in [0, 0.05) is 28.1 Å². The third-order valence-electron chi connectivity index (χ3n) is 3.52. The summed E-state index contributed by atoms with van der Waals surface area (Å²) in [6.45, 7) is 0. The topological polar surface area (TPSA) is 56.7 Å². The molecule has 4 rings (SSSR count). The fourth-order valence-corrected chi connectivity index (χ4v) is 3.40. The first-order valence-corrected chi connectivity index (χ1v) is 9.37. The van der Waals surface area contributed by atoms with E-state index in [9.17, 15) is 0 Å². The number of rotatable bonds is 5. The summed E-state index contributed by atoms with van der Waals surface area (Å²) in [5, 5.41) is 9.12. The SMILES string of the molecule is Brc1ccc(-n2ccnc2SCc2nnc(-c3ccccc3)o2)cc1. The van der Waals surface area contributed by atoms with E-state index in [0.29, 0.717) is 17.5 Å². The third kappa shape index (κ3) is 3.67. The molecule has 124 valence electrons. The van der Waals surface area contributed by atoms with Crippen molar-refractivity contribution in [3.63, 3.8) is 0 Å². The first kappa shape index (κ1) is 16.1. The molecular weight excluding hydrogens is 400 g/mol. The molecule has 0 spiro atoms. The van der Waals surface area contributed by atoms with Crippen LogP contribution < -0.4 is 0 Å². The predicted molar refractivity (Wildman–Crippen MR) is 101 cm³/mol. The molecule has 0 aliphatic carbocycles. The first-order valence-electron chi connectivity index (χ1n) is 7.59. The minimum absolute atomic E-state index is 0.535. The van der Waals surface area contributed by atoms with Crippen molar-refractivity contribution in [1.82, 2.24) is 19.7 Å². The lowest BCUT2D eigenvalue weighted by Crippen LogP contribution is -1.95. The van der Waals surface area contributed by atoms with Crippen molar-refractivity contribution in [3.8, 4) is 17.1 Å². The molecule has 0 N–H and O–H groups in total. The van der Waals surface area contributed by atoms with E-state index in [-0.39, 0.29) is 0 Å². The number of benzene rings is 2. The zero-order valence-corrected chi connectivity index (χ0v) is 15.4. The lowest BCUT2D eigenvalue weighted by Gasteiger charge is -2.06. The van der Waals surface area contributed by atoms with Gasteiger partial charge in [-0.05, 0) is 36.4 Å². The molecule has 0 aliphatic heterocycles. The highest BCUT2D eigenvalue weighted by Gasteiger charge is 2.11. The molecule has 0 fully saturated rings. The smallest absolute Gasteiger partial charge is 0.247 e. The van der Waals surface area contributed by atoms with Gasteiger partial charge in [-0.1, -0.05) is 45.9 Å². The van der Waals surface area contributed by atoms with Crippen molar-refractivity contribution < 1.29 is 4.42 Å². The maximum atomic E-state index is 5.74. The molecule has 0 radical (unpaired) electrons. The highest BCUT2D eigenvalue weighted by molar-refractivity contribution is 9.10. The minimum Gasteiger partial charge on any atom is -0.420 e. The molecular formula is C18H13BrN4OS. The highest BCUT2D eigenvalue weighted by atomic mass is 79.9. The molecule has 5 nitrogen and oxygen atoms in total. The number of hydrogen-bond acceptors (Lipinski definition) is 5. The van der Waals surface area contributed by atoms with Crippen LogP contribution in [0.1, 0.15) is 5.89 Å². The van der Waals surface area contributed by atoms with Gasteiger partial charge in [-0.25, -0.2) is 4.98 Å². The molecule has 0 saturated heterocycles. The van der Waals surface area contributed by atoms with Gasteiger partial charge in [0.05, 0.1) is 5.75 Å². The standard InChI is InChI=1S/C18H13BrN4OS/c19-14-6-8-15(9-7-14)23-11-10-20-18(23)25-12-16-21-22-17(24-16)13-4-2-1-3-5-13/h1-11H,12H2. The molecule has 0 atom stereocenters. The predicted octanol–water partition coefficient (Wildman–Crippen LogP) is 4.98. The highest BCUT2D eigenvalue weighted by Crippen LogP contribution is 2.26. The summed E-state index contributed by atoms with van der Waals surface area (Å²) in [7, 11) is 0. The van der Waals surface area contributed by atoms with E-state index in [1.807, 2.05) is 65.4 Å². The Balaban J connectivity index is 1.49. The molecule has 25 heavy (non-hydrogen) atoms. The zero-order chi connectivity index (χ0) is 17.1. The van der Waals surface area contributed by atoms with Crippen molar-refractivity contribution in [1.29, 1.82) is 0 Å². The Bertz CT molecular complexity index is 966. The third-order valence-corrected chi connectivity index (χ3v) is 5.00. The molecule has 7 heteroatoms. The van der Waals surface area contributed by atoms with Crippen LogP contribution in [0.25, 0.3) is 17.1 Å². The van der Waals surface area contributed by atoms with Crippen LogP contribution in [0.3, 0.4) is 0 Å². The van der Waals surface area contributed by atoms with Crippen LogP contribution in [0.5, 0.6) is 0 Å². The van der Waals surface area contributed by atoms with E-state index in [4.69, 9.17) is 4.42 Å². The molecule has 0 unspecified atom stereocenters. The van der Waals surface area contributed by atoms with Crippen LogP contribution in [0.15, 0.2) is 81.0 Å². The second kappa shape index (κ2) is 7.25. The van der Waals surface area contributed by atoms with E-state index < -0.39 is 0 Å². The van der Waals surface area contributed by atoms with Gasteiger partial charge >= 0.3 is 0 Å². The summed E-state index contributed by atoms with van der Waals surface area (Å²) in [4.78, 5) is 4.42. The Hall–Kier alpha value is -2.38. The van der Waals surface area contributed by atoms with Crippen LogP contribution in [0.2, 0.25) is 0 Å². The van der Waals surface area contributed by atoms with Gasteiger partial charge in [-0.15, -0.1) is 10.2 Å². The lowest BCUT2D eigenvalue weighted by molar-refractivity contribution is 0.528. The lowest BCUT2D eigenvalue weighted by atomic mass is 10.2. The van der Waals surface area contributed by atoms with Crippen LogP contribution in [-0.2, 0) is 5.75 Å². The number of nitrogens with zero attached hydrogens (tertiary/aromatic N) is 4. The van der Waals surface area contributed by atoms with Crippen molar-refractivity contribution in [2.24, 2.45) is 0 Å². The van der Waals surface area contributed by atoms with Gasteiger partial charge in [0.25, 0.3) is 0 Å². The Morgan fingerprint density at radius 3 is 2.60 bits per heavy atom. The average Bonchev–Trinajstić information content (AvgIpc) is 3.31. The van der Waals surface area contributed by atoms with Gasteiger partial charge in [0.15, 0.2) is 5.16 Å².